The van der Waals surface area contributed by atoms with E-state index in [1.807, 2.05) is 6.07 Å². The van der Waals surface area contributed by atoms with Crippen LogP contribution in [0.4, 0.5) is 4.79 Å². The number of alkyl carbamates (subject to hydrolysis) is 1. The maximum absolute atomic E-state index is 14.0. The summed E-state index contributed by atoms with van der Waals surface area (Å²) in [7, 11) is -2.39. The van der Waals surface area contributed by atoms with Crippen molar-refractivity contribution in [2.24, 2.45) is 0 Å². The molecule has 1 amide bonds. The molecule has 1 saturated heterocycles. The molecule has 0 bridgehead atoms. The van der Waals surface area contributed by atoms with Gasteiger partial charge in [-0.05, 0) is 39.3 Å². The summed E-state index contributed by atoms with van der Waals surface area (Å²) < 4.78 is 53.6. The lowest BCUT2D eigenvalue weighted by molar-refractivity contribution is -0.253. The van der Waals surface area contributed by atoms with E-state index in [0.717, 1.165) is 12.5 Å². The third kappa shape index (κ3) is 8.35. The number of hydrogen-bond acceptors (Lipinski definition) is 15. The van der Waals surface area contributed by atoms with E-state index in [4.69, 9.17) is 32.7 Å². The number of nitrogens with one attached hydrogen (secondary N) is 1. The molecule has 3 aliphatic rings. The van der Waals surface area contributed by atoms with E-state index < -0.39 is 109 Å². The van der Waals surface area contributed by atoms with Gasteiger partial charge in [0.1, 0.15) is 41.9 Å². The standard InChI is InChI=1S/C40H46NO15P/c1-6-53-57(49,54-7-2)20-52-38-21(3)55-29(16-26(38)41-39(47)51-19-23-12-9-8-10-13-23)56-28-18-40(48,22(4)42)17-25-31(28)37(46)33-32(35(25)44)34(43)24-14-11-15-27(50-5)30(24)36(33)45/h8-15,21,26,28-29,38,44,46,48H,6-7,16-20H2,1-5H3,(H,41,47)/t21-,26-,28-,29-,38+,40-/m0/s1. The number of hydrogen-bond donors (Lipinski definition) is 4. The number of rotatable bonds is 14. The number of methoxy groups -OCH3 is 1. The summed E-state index contributed by atoms with van der Waals surface area (Å²) in [5.74, 6) is -3.56. The van der Waals surface area contributed by atoms with Gasteiger partial charge in [-0.25, -0.2) is 4.79 Å². The molecule has 1 fully saturated rings. The van der Waals surface area contributed by atoms with Gasteiger partial charge in [-0.2, -0.15) is 0 Å². The Balaban J connectivity index is 1.34. The average Bonchev–Trinajstić information content (AvgIpc) is 3.17. The molecule has 0 unspecified atom stereocenters. The van der Waals surface area contributed by atoms with Crippen LogP contribution in [0.1, 0.15) is 95.2 Å². The first-order valence-corrected chi connectivity index (χ1v) is 20.3. The average molecular weight is 812 g/mol. The Morgan fingerprint density at radius 1 is 0.965 bits per heavy atom. The number of Topliss-reactive ketones (excluding diaryl/α,β-unsaturated/α-hetero) is 1. The zero-order valence-corrected chi connectivity index (χ0v) is 33.0. The third-order valence-corrected chi connectivity index (χ3v) is 12.1. The first kappa shape index (κ1) is 41.9. The van der Waals surface area contributed by atoms with Crippen molar-refractivity contribution in [3.63, 3.8) is 0 Å². The first-order chi connectivity index (χ1) is 27.1. The van der Waals surface area contributed by atoms with Gasteiger partial charge in [-0.3, -0.25) is 18.9 Å². The molecule has 2 aliphatic carbocycles. The van der Waals surface area contributed by atoms with E-state index in [-0.39, 0.29) is 54.2 Å². The van der Waals surface area contributed by atoms with Crippen LogP contribution in [0.5, 0.6) is 17.2 Å². The molecule has 57 heavy (non-hydrogen) atoms. The molecule has 1 aliphatic heterocycles. The Labute approximate surface area is 328 Å². The number of fused-ring (bicyclic) bond motifs is 3. The highest BCUT2D eigenvalue weighted by atomic mass is 31.2. The van der Waals surface area contributed by atoms with Gasteiger partial charge in [0.05, 0.1) is 55.3 Å². The van der Waals surface area contributed by atoms with Crippen LogP contribution in [-0.2, 0) is 50.4 Å². The Morgan fingerprint density at radius 3 is 2.30 bits per heavy atom. The van der Waals surface area contributed by atoms with Crippen molar-refractivity contribution in [1.82, 2.24) is 5.32 Å². The van der Waals surface area contributed by atoms with E-state index in [1.165, 1.54) is 25.3 Å². The molecule has 0 saturated carbocycles. The highest BCUT2D eigenvalue weighted by Gasteiger charge is 2.50. The van der Waals surface area contributed by atoms with Gasteiger partial charge < -0.3 is 53.4 Å². The van der Waals surface area contributed by atoms with Crippen molar-refractivity contribution < 1.29 is 71.8 Å². The second-order valence-electron chi connectivity index (χ2n) is 14.0. The molecule has 6 rings (SSSR count). The van der Waals surface area contributed by atoms with Crippen LogP contribution in [0.2, 0.25) is 0 Å². The largest absolute Gasteiger partial charge is 0.507 e. The van der Waals surface area contributed by atoms with E-state index in [1.54, 1.807) is 45.0 Å². The summed E-state index contributed by atoms with van der Waals surface area (Å²) >= 11 is 0. The molecule has 6 atom stereocenters. The van der Waals surface area contributed by atoms with Crippen molar-refractivity contribution in [2.75, 3.05) is 26.7 Å². The van der Waals surface area contributed by atoms with Crippen molar-refractivity contribution in [2.45, 2.75) is 89.8 Å². The predicted octanol–water partition coefficient (Wildman–Crippen LogP) is 5.24. The second kappa shape index (κ2) is 17.0. The van der Waals surface area contributed by atoms with E-state index in [9.17, 15) is 39.1 Å². The summed E-state index contributed by atoms with van der Waals surface area (Å²) in [5, 5.41) is 38.0. The highest BCUT2D eigenvalue weighted by molar-refractivity contribution is 7.53. The predicted molar refractivity (Wildman–Crippen MR) is 201 cm³/mol. The summed E-state index contributed by atoms with van der Waals surface area (Å²) in [6.45, 7) is 6.20. The Hall–Kier alpha value is -4.67. The van der Waals surface area contributed by atoms with Gasteiger partial charge in [0.15, 0.2) is 17.9 Å². The summed E-state index contributed by atoms with van der Waals surface area (Å²) in [6, 6.07) is 12.4. The number of benzene rings is 3. The third-order valence-electron chi connectivity index (χ3n) is 10.3. The van der Waals surface area contributed by atoms with Crippen LogP contribution in [0.25, 0.3) is 0 Å². The van der Waals surface area contributed by atoms with Crippen molar-refractivity contribution >= 4 is 31.0 Å². The van der Waals surface area contributed by atoms with Crippen molar-refractivity contribution in [3.8, 4) is 17.2 Å². The SMILES string of the molecule is CCOP(=O)(CO[C@H]1[C@@H](NC(=O)OCc2ccccc2)C[C@H](O[C@H]2C[C@](O)(C(C)=O)Cc3c(O)c4c(c(O)c32)C(=O)c2c(OC)cccc2C4=O)O[C@H]1C)OCC. The zero-order chi connectivity index (χ0) is 41.2. The van der Waals surface area contributed by atoms with Crippen molar-refractivity contribution in [3.05, 3.63) is 87.5 Å². The lowest BCUT2D eigenvalue weighted by Gasteiger charge is -2.43. The fourth-order valence-corrected chi connectivity index (χ4v) is 8.97. The zero-order valence-electron chi connectivity index (χ0n) is 32.1. The van der Waals surface area contributed by atoms with Crippen LogP contribution in [0.3, 0.4) is 0 Å². The highest BCUT2D eigenvalue weighted by Crippen LogP contribution is 2.53. The smallest absolute Gasteiger partial charge is 0.407 e. The van der Waals surface area contributed by atoms with Crippen LogP contribution in [0, 0.1) is 0 Å². The first-order valence-electron chi connectivity index (χ1n) is 18.5. The molecular formula is C40H46NO15P. The normalized spacial score (nSPS) is 24.2. The molecule has 3 aromatic rings. The van der Waals surface area contributed by atoms with E-state index in [2.05, 4.69) is 5.32 Å². The molecule has 16 nitrogen and oxygen atoms in total. The Kier molecular flexibility index (Phi) is 12.5. The molecule has 0 radical (unpaired) electrons. The fourth-order valence-electron chi connectivity index (χ4n) is 7.61. The van der Waals surface area contributed by atoms with Crippen molar-refractivity contribution in [1.29, 1.82) is 0 Å². The minimum atomic E-state index is -3.71. The topological polar surface area (TPSA) is 223 Å². The van der Waals surface area contributed by atoms with Crippen LogP contribution in [0.15, 0.2) is 48.5 Å². The van der Waals surface area contributed by atoms with Crippen LogP contribution in [-0.4, -0.2) is 95.6 Å². The maximum atomic E-state index is 14.0. The molecule has 0 aromatic heterocycles. The molecule has 3 aromatic carbocycles. The number of aromatic hydroxyl groups is 2. The fraction of sp³-hybridized carbons (Fsp3) is 0.450. The number of aliphatic hydroxyl groups is 1. The quantitative estimate of drug-likeness (QED) is 0.0944. The lowest BCUT2D eigenvalue weighted by atomic mass is 9.72. The molecule has 306 valence electrons. The van der Waals surface area contributed by atoms with E-state index in [0.29, 0.717) is 0 Å². The minimum absolute atomic E-state index is 0.0477. The molecule has 4 N–H and O–H groups in total. The monoisotopic (exact) mass is 811 g/mol. The summed E-state index contributed by atoms with van der Waals surface area (Å²) in [5.41, 5.74) is -2.85. The second-order valence-corrected chi connectivity index (χ2v) is 16.0. The van der Waals surface area contributed by atoms with Gasteiger partial charge in [0, 0.05) is 36.0 Å². The number of amides is 1. The lowest BCUT2D eigenvalue weighted by Crippen LogP contribution is -2.57. The van der Waals surface area contributed by atoms with Gasteiger partial charge in [0.25, 0.3) is 0 Å². The van der Waals surface area contributed by atoms with Crippen LogP contribution >= 0.6 is 7.60 Å². The molecule has 0 spiro atoms. The molecule has 1 heterocycles. The van der Waals surface area contributed by atoms with E-state index >= 15 is 0 Å². The number of phenols is 2. The molecular weight excluding hydrogens is 765 g/mol. The van der Waals surface area contributed by atoms with Gasteiger partial charge in [0.2, 0.25) is 5.78 Å². The van der Waals surface area contributed by atoms with Gasteiger partial charge in [-0.15, -0.1) is 0 Å². The summed E-state index contributed by atoms with van der Waals surface area (Å²) in [6.07, 6.45) is -6.88. The number of carbonyl (C=O) groups excluding carboxylic acids is 4. The van der Waals surface area contributed by atoms with Crippen LogP contribution < -0.4 is 10.1 Å². The Bertz CT molecular complexity index is 2080. The molecule has 17 heteroatoms. The number of ether oxygens (including phenoxy) is 5. The number of phenolic OH excluding ortho intramolecular Hbond substituents is 2. The maximum Gasteiger partial charge on any atom is 0.407 e. The minimum Gasteiger partial charge on any atom is -0.507 e. The number of ketones is 3. The summed E-state index contributed by atoms with van der Waals surface area (Å²) in [4.78, 5) is 54.0. The number of carbonyl (C=O) groups is 4. The van der Waals surface area contributed by atoms with Gasteiger partial charge in [-0.1, -0.05) is 42.5 Å². The van der Waals surface area contributed by atoms with Gasteiger partial charge >= 0.3 is 13.7 Å². The Morgan fingerprint density at radius 2 is 1.65 bits per heavy atom.